The molecule has 1 aromatic carbocycles. The molecule has 3 rings (SSSR count). The quantitative estimate of drug-likeness (QED) is 0.441. The van der Waals surface area contributed by atoms with Crippen molar-refractivity contribution in [3.8, 4) is 0 Å². The number of aromatic nitrogens is 4. The van der Waals surface area contributed by atoms with Gasteiger partial charge in [-0.3, -0.25) is 9.36 Å². The minimum atomic E-state index is 0.599. The summed E-state index contributed by atoms with van der Waals surface area (Å²) in [6, 6.07) is 10.2. The third-order valence-corrected chi connectivity index (χ3v) is 4.84. The van der Waals surface area contributed by atoms with Crippen LogP contribution in [0, 0.1) is 6.92 Å². The number of benzene rings is 1. The Bertz CT molecular complexity index is 838. The summed E-state index contributed by atoms with van der Waals surface area (Å²) in [6.45, 7) is 4.34. The topological polar surface area (TPSA) is 59.7 Å². The highest BCUT2D eigenvalue weighted by atomic mass is 79.9. The van der Waals surface area contributed by atoms with Gasteiger partial charge in [0.1, 0.15) is 0 Å². The Balaban J connectivity index is 1.39. The predicted octanol–water partition coefficient (Wildman–Crippen LogP) is 3.58. The van der Waals surface area contributed by atoms with Crippen LogP contribution in [0.25, 0.3) is 0 Å². The third-order valence-electron chi connectivity index (χ3n) is 3.81. The molecule has 0 radical (unpaired) electrons. The van der Waals surface area contributed by atoms with Crippen molar-refractivity contribution in [1.29, 1.82) is 0 Å². The van der Waals surface area contributed by atoms with Crippen LogP contribution in [0.15, 0.2) is 53.4 Å². The van der Waals surface area contributed by atoms with Crippen molar-refractivity contribution in [2.45, 2.75) is 26.4 Å². The molecule has 0 bridgehead atoms. The van der Waals surface area contributed by atoms with Gasteiger partial charge in [-0.15, -0.1) is 0 Å². The van der Waals surface area contributed by atoms with E-state index in [2.05, 4.69) is 48.9 Å². The van der Waals surface area contributed by atoms with Crippen molar-refractivity contribution in [2.75, 3.05) is 11.9 Å². The maximum Gasteiger partial charge on any atom is 0.170 e. The molecule has 2 heterocycles. The maximum absolute atomic E-state index is 5.34. The van der Waals surface area contributed by atoms with Crippen molar-refractivity contribution in [1.82, 2.24) is 24.9 Å². The van der Waals surface area contributed by atoms with Gasteiger partial charge < -0.3 is 10.6 Å². The zero-order valence-corrected chi connectivity index (χ0v) is 16.9. The van der Waals surface area contributed by atoms with Gasteiger partial charge in [-0.1, -0.05) is 30.3 Å². The molecule has 26 heavy (non-hydrogen) atoms. The molecule has 3 aromatic rings. The van der Waals surface area contributed by atoms with E-state index in [0.717, 1.165) is 41.9 Å². The largest absolute Gasteiger partial charge is 0.362 e. The lowest BCUT2D eigenvalue weighted by molar-refractivity contribution is 0.570. The van der Waals surface area contributed by atoms with E-state index in [1.807, 2.05) is 46.9 Å². The molecule has 136 valence electrons. The van der Waals surface area contributed by atoms with Gasteiger partial charge in [-0.25, -0.2) is 0 Å². The van der Waals surface area contributed by atoms with Gasteiger partial charge in [-0.05, 0) is 47.1 Å². The highest BCUT2D eigenvalue weighted by Crippen LogP contribution is 2.13. The SMILES string of the molecule is Cc1nn(CCCNC(=S)Nc2cnn(Cc3ccccc3)c2)cc1Br. The standard InChI is InChI=1S/C18H21BrN6S/c1-14-17(19)13-24(23-14)9-5-8-20-18(26)22-16-10-21-25(12-16)11-15-6-3-2-4-7-15/h2-4,6-7,10,12-13H,5,8-9,11H2,1H3,(H2,20,22,26). The zero-order valence-electron chi connectivity index (χ0n) is 14.5. The van der Waals surface area contributed by atoms with Crippen LogP contribution >= 0.6 is 28.1 Å². The van der Waals surface area contributed by atoms with Gasteiger partial charge in [0.25, 0.3) is 0 Å². The number of aryl methyl sites for hydroxylation is 2. The van der Waals surface area contributed by atoms with Crippen molar-refractivity contribution in [3.63, 3.8) is 0 Å². The Labute approximate surface area is 166 Å². The van der Waals surface area contributed by atoms with Crippen molar-refractivity contribution < 1.29 is 0 Å². The number of hydrogen-bond acceptors (Lipinski definition) is 3. The van der Waals surface area contributed by atoms with Crippen LogP contribution in [0.4, 0.5) is 5.69 Å². The minimum absolute atomic E-state index is 0.599. The zero-order chi connectivity index (χ0) is 18.4. The highest BCUT2D eigenvalue weighted by molar-refractivity contribution is 9.10. The van der Waals surface area contributed by atoms with E-state index in [0.29, 0.717) is 5.11 Å². The molecular weight excluding hydrogens is 412 g/mol. The number of hydrogen-bond donors (Lipinski definition) is 2. The van der Waals surface area contributed by atoms with Crippen LogP contribution < -0.4 is 10.6 Å². The molecule has 0 atom stereocenters. The number of rotatable bonds is 7. The molecule has 0 aliphatic heterocycles. The van der Waals surface area contributed by atoms with E-state index in [9.17, 15) is 0 Å². The van der Waals surface area contributed by atoms with Crippen LogP contribution in [0.5, 0.6) is 0 Å². The molecule has 0 unspecified atom stereocenters. The molecule has 8 heteroatoms. The monoisotopic (exact) mass is 432 g/mol. The minimum Gasteiger partial charge on any atom is -0.362 e. The summed E-state index contributed by atoms with van der Waals surface area (Å²) in [7, 11) is 0. The summed E-state index contributed by atoms with van der Waals surface area (Å²) < 4.78 is 4.86. The van der Waals surface area contributed by atoms with Crippen LogP contribution in [0.3, 0.4) is 0 Å². The van der Waals surface area contributed by atoms with Crippen molar-refractivity contribution >= 4 is 38.9 Å². The number of nitrogens with one attached hydrogen (secondary N) is 2. The second kappa shape index (κ2) is 8.95. The van der Waals surface area contributed by atoms with Crippen molar-refractivity contribution in [2.24, 2.45) is 0 Å². The highest BCUT2D eigenvalue weighted by Gasteiger charge is 2.03. The summed E-state index contributed by atoms with van der Waals surface area (Å²) in [6.07, 6.45) is 6.65. The molecule has 0 fully saturated rings. The number of thiocarbonyl (C=S) groups is 1. The fourth-order valence-electron chi connectivity index (χ4n) is 2.51. The van der Waals surface area contributed by atoms with Gasteiger partial charge in [0, 0.05) is 25.5 Å². The van der Waals surface area contributed by atoms with E-state index in [-0.39, 0.29) is 0 Å². The average molecular weight is 433 g/mol. The molecule has 2 N–H and O–H groups in total. The van der Waals surface area contributed by atoms with Crippen molar-refractivity contribution in [3.05, 3.63) is 64.7 Å². The molecule has 0 amide bonds. The molecule has 0 spiro atoms. The Morgan fingerprint density at radius 3 is 2.73 bits per heavy atom. The predicted molar refractivity (Wildman–Crippen MR) is 111 cm³/mol. The average Bonchev–Trinajstić information content (AvgIpc) is 3.19. The number of anilines is 1. The summed E-state index contributed by atoms with van der Waals surface area (Å²) in [5.74, 6) is 0. The Morgan fingerprint density at radius 1 is 1.19 bits per heavy atom. The molecule has 0 aliphatic rings. The van der Waals surface area contributed by atoms with E-state index >= 15 is 0 Å². The number of nitrogens with zero attached hydrogens (tertiary/aromatic N) is 4. The fraction of sp³-hybridized carbons (Fsp3) is 0.278. The van der Waals surface area contributed by atoms with E-state index in [1.165, 1.54) is 5.56 Å². The third kappa shape index (κ3) is 5.40. The second-order valence-corrected chi connectivity index (χ2v) is 7.23. The van der Waals surface area contributed by atoms with Gasteiger partial charge in [-0.2, -0.15) is 10.2 Å². The maximum atomic E-state index is 5.34. The van der Waals surface area contributed by atoms with Gasteiger partial charge in [0.05, 0.1) is 28.6 Å². The first-order valence-corrected chi connectivity index (χ1v) is 9.61. The summed E-state index contributed by atoms with van der Waals surface area (Å²) in [5, 5.41) is 15.8. The number of halogens is 1. The lowest BCUT2D eigenvalue weighted by Crippen LogP contribution is -2.29. The Morgan fingerprint density at radius 2 is 2.00 bits per heavy atom. The first kappa shape index (κ1) is 18.6. The van der Waals surface area contributed by atoms with E-state index in [1.54, 1.807) is 6.20 Å². The van der Waals surface area contributed by atoms with Gasteiger partial charge in [0.15, 0.2) is 5.11 Å². The molecular formula is C18H21BrN6S. The molecule has 6 nitrogen and oxygen atoms in total. The van der Waals surface area contributed by atoms with E-state index < -0.39 is 0 Å². The van der Waals surface area contributed by atoms with Crippen LogP contribution in [-0.4, -0.2) is 31.2 Å². The molecule has 0 saturated carbocycles. The molecule has 2 aromatic heterocycles. The smallest absolute Gasteiger partial charge is 0.170 e. The summed E-state index contributed by atoms with van der Waals surface area (Å²) >= 11 is 8.81. The van der Waals surface area contributed by atoms with Crippen LogP contribution in [-0.2, 0) is 13.1 Å². The second-order valence-electron chi connectivity index (χ2n) is 5.97. The Hall–Kier alpha value is -2.19. The van der Waals surface area contributed by atoms with E-state index in [4.69, 9.17) is 12.2 Å². The van der Waals surface area contributed by atoms with Gasteiger partial charge in [0.2, 0.25) is 0 Å². The Kier molecular flexibility index (Phi) is 6.40. The summed E-state index contributed by atoms with van der Waals surface area (Å²) in [4.78, 5) is 0. The lowest BCUT2D eigenvalue weighted by atomic mass is 10.2. The first-order valence-electron chi connectivity index (χ1n) is 8.41. The van der Waals surface area contributed by atoms with Gasteiger partial charge >= 0.3 is 0 Å². The summed E-state index contributed by atoms with van der Waals surface area (Å²) in [5.41, 5.74) is 3.09. The normalized spacial score (nSPS) is 10.7. The first-order chi connectivity index (χ1) is 12.6. The van der Waals surface area contributed by atoms with Crippen LogP contribution in [0.1, 0.15) is 17.7 Å². The lowest BCUT2D eigenvalue weighted by Gasteiger charge is -2.09. The fourth-order valence-corrected chi connectivity index (χ4v) is 3.05. The molecule has 0 aliphatic carbocycles. The molecule has 0 saturated heterocycles. The van der Waals surface area contributed by atoms with Crippen LogP contribution in [0.2, 0.25) is 0 Å².